The summed E-state index contributed by atoms with van der Waals surface area (Å²) in [7, 11) is 0. The summed E-state index contributed by atoms with van der Waals surface area (Å²) in [6.45, 7) is 6.47. The van der Waals surface area contributed by atoms with E-state index in [0.717, 1.165) is 48.5 Å². The Kier molecular flexibility index (Phi) is 8.98. The van der Waals surface area contributed by atoms with Crippen LogP contribution in [0.2, 0.25) is 0 Å². The molecule has 0 saturated carbocycles. The summed E-state index contributed by atoms with van der Waals surface area (Å²) in [6, 6.07) is 0. The van der Waals surface area contributed by atoms with E-state index >= 15 is 0 Å². The number of halogens is 1. The Labute approximate surface area is 201 Å². The lowest BCUT2D eigenvalue weighted by molar-refractivity contribution is 0.226. The van der Waals surface area contributed by atoms with Crippen LogP contribution in [-0.2, 0) is 0 Å². The van der Waals surface area contributed by atoms with Crippen LogP contribution in [0.3, 0.4) is 0 Å². The zero-order valence-corrected chi connectivity index (χ0v) is 19.9. The number of amidine groups is 1. The highest BCUT2D eigenvalue weighted by Gasteiger charge is 2.18. The van der Waals surface area contributed by atoms with E-state index in [2.05, 4.69) is 25.5 Å². The molecule has 0 aromatic carbocycles. The van der Waals surface area contributed by atoms with Crippen LogP contribution < -0.4 is 22.1 Å². The van der Waals surface area contributed by atoms with Gasteiger partial charge in [-0.05, 0) is 61.7 Å². The van der Waals surface area contributed by atoms with Gasteiger partial charge in [0.15, 0.2) is 0 Å². The Morgan fingerprint density at radius 3 is 2.71 bits per heavy atom. The van der Waals surface area contributed by atoms with E-state index < -0.39 is 6.17 Å². The first-order valence-electron chi connectivity index (χ1n) is 11.6. The number of hydrogen-bond acceptors (Lipinski definition) is 7. The smallest absolute Gasteiger partial charge is 0.132 e. The number of aliphatic imine (C=N–C) groups is 2. The molecule has 3 aliphatic rings. The van der Waals surface area contributed by atoms with Crippen molar-refractivity contribution in [1.29, 1.82) is 5.41 Å². The van der Waals surface area contributed by atoms with E-state index in [0.29, 0.717) is 23.8 Å². The van der Waals surface area contributed by atoms with Gasteiger partial charge in [0.2, 0.25) is 0 Å². The number of hydrogen-bond donors (Lipinski definition) is 5. The molecule has 1 unspecified atom stereocenters. The molecule has 182 valence electrons. The third-order valence-electron chi connectivity index (χ3n) is 5.74. The van der Waals surface area contributed by atoms with Crippen LogP contribution >= 0.6 is 0 Å². The zero-order valence-electron chi connectivity index (χ0n) is 19.9. The number of rotatable bonds is 10. The van der Waals surface area contributed by atoms with Gasteiger partial charge in [0.25, 0.3) is 0 Å². The highest BCUT2D eigenvalue weighted by molar-refractivity contribution is 5.97. The predicted molar refractivity (Wildman–Crippen MR) is 138 cm³/mol. The average molecular weight is 467 g/mol. The normalized spacial score (nSPS) is 20.8. The summed E-state index contributed by atoms with van der Waals surface area (Å²) in [5, 5.41) is 14.0. The molecule has 0 amide bonds. The van der Waals surface area contributed by atoms with Crippen LogP contribution in [-0.4, -0.2) is 55.5 Å². The Hall–Kier alpha value is -3.46. The molecule has 9 heteroatoms. The Morgan fingerprint density at radius 1 is 1.26 bits per heavy atom. The Bertz CT molecular complexity index is 1000. The molecule has 0 spiro atoms. The van der Waals surface area contributed by atoms with Gasteiger partial charge in [0.1, 0.15) is 17.8 Å². The van der Waals surface area contributed by atoms with Crippen molar-refractivity contribution >= 4 is 18.3 Å². The minimum absolute atomic E-state index is 0.108. The fourth-order valence-corrected chi connectivity index (χ4v) is 3.82. The fraction of sp³-hybridized carbons (Fsp3) is 0.400. The van der Waals surface area contributed by atoms with E-state index in [-0.39, 0.29) is 12.5 Å². The summed E-state index contributed by atoms with van der Waals surface area (Å²) in [5.41, 5.74) is 15.9. The Balaban J connectivity index is 1.63. The molecule has 1 saturated heterocycles. The topological polar surface area (TPSA) is 128 Å². The van der Waals surface area contributed by atoms with Gasteiger partial charge in [-0.3, -0.25) is 4.99 Å². The quantitative estimate of drug-likeness (QED) is 0.250. The average Bonchev–Trinajstić information content (AvgIpc) is 3.32. The highest BCUT2D eigenvalue weighted by atomic mass is 19.1. The van der Waals surface area contributed by atoms with Gasteiger partial charge in [-0.15, -0.1) is 0 Å². The van der Waals surface area contributed by atoms with Gasteiger partial charge in [-0.2, -0.15) is 0 Å². The predicted octanol–water partition coefficient (Wildman–Crippen LogP) is 2.62. The molecule has 7 N–H and O–H groups in total. The number of dihydropyridines is 2. The van der Waals surface area contributed by atoms with Gasteiger partial charge in [0.05, 0.1) is 17.9 Å². The van der Waals surface area contributed by atoms with E-state index in [4.69, 9.17) is 16.9 Å². The SMILES string of the molecule is CC(C)C(C=N)=CC(N)=NC1=CC=C2NC=C(C(C=NCC(F)CN3CCCC3)=CN)C=C2N1. The van der Waals surface area contributed by atoms with E-state index in [1.807, 2.05) is 38.3 Å². The van der Waals surface area contributed by atoms with E-state index in [1.54, 1.807) is 12.3 Å². The maximum Gasteiger partial charge on any atom is 0.132 e. The van der Waals surface area contributed by atoms with Crippen LogP contribution in [0.15, 0.2) is 80.6 Å². The lowest BCUT2D eigenvalue weighted by Crippen LogP contribution is -2.29. The minimum Gasteiger partial charge on any atom is -0.404 e. The first-order chi connectivity index (χ1) is 16.4. The summed E-state index contributed by atoms with van der Waals surface area (Å²) in [4.78, 5) is 10.8. The van der Waals surface area contributed by atoms with Gasteiger partial charge < -0.3 is 32.4 Å². The molecule has 3 heterocycles. The van der Waals surface area contributed by atoms with Gasteiger partial charge in [0, 0.05) is 42.5 Å². The van der Waals surface area contributed by atoms with E-state index in [1.165, 1.54) is 12.4 Å². The van der Waals surface area contributed by atoms with Crippen LogP contribution in [0, 0.1) is 11.3 Å². The standard InChI is InChI=1S/C25H35FN8/c1-17(2)18(11-27)10-24(29)33-25-6-5-22-23(32-25)9-19(14-31-22)20(12-28)13-30-15-21(26)16-34-7-3-4-8-34/h5-6,9-14,17,21,27,31-32H,3-4,7-8,15-16,28H2,1-2H3,(H2,29,33). The number of allylic oxidation sites excluding steroid dienone is 6. The maximum absolute atomic E-state index is 14.3. The Morgan fingerprint density at radius 2 is 2.03 bits per heavy atom. The van der Waals surface area contributed by atoms with Crippen molar-refractivity contribution in [2.24, 2.45) is 27.4 Å². The third kappa shape index (κ3) is 7.02. The molecule has 0 aliphatic carbocycles. The molecule has 8 nitrogen and oxygen atoms in total. The first kappa shape index (κ1) is 25.2. The molecular weight excluding hydrogens is 431 g/mol. The molecule has 34 heavy (non-hydrogen) atoms. The molecule has 0 bridgehead atoms. The second kappa shape index (κ2) is 12.1. The molecule has 0 radical (unpaired) electrons. The summed E-state index contributed by atoms with van der Waals surface area (Å²) in [6.07, 6.45) is 14.8. The lowest BCUT2D eigenvalue weighted by Gasteiger charge is -2.23. The molecule has 1 fully saturated rings. The van der Waals surface area contributed by atoms with Crippen molar-refractivity contribution in [2.75, 3.05) is 26.2 Å². The molecule has 0 aromatic rings. The van der Waals surface area contributed by atoms with Crippen molar-refractivity contribution < 1.29 is 4.39 Å². The number of nitrogens with one attached hydrogen (secondary N) is 3. The van der Waals surface area contributed by atoms with Gasteiger partial charge >= 0.3 is 0 Å². The molecule has 1 atom stereocenters. The number of fused-ring (bicyclic) bond motifs is 1. The van der Waals surface area contributed by atoms with Crippen LogP contribution in [0.25, 0.3) is 0 Å². The second-order valence-electron chi connectivity index (χ2n) is 8.76. The van der Waals surface area contributed by atoms with Crippen LogP contribution in [0.5, 0.6) is 0 Å². The molecule has 3 aliphatic heterocycles. The van der Waals surface area contributed by atoms with Gasteiger partial charge in [-0.1, -0.05) is 13.8 Å². The van der Waals surface area contributed by atoms with Crippen molar-refractivity contribution in [1.82, 2.24) is 15.5 Å². The van der Waals surface area contributed by atoms with Crippen molar-refractivity contribution in [3.63, 3.8) is 0 Å². The van der Waals surface area contributed by atoms with E-state index in [9.17, 15) is 4.39 Å². The zero-order chi connectivity index (χ0) is 24.5. The molecule has 0 aromatic heterocycles. The van der Waals surface area contributed by atoms with Crippen molar-refractivity contribution in [3.05, 3.63) is 70.6 Å². The van der Waals surface area contributed by atoms with Crippen molar-refractivity contribution in [3.8, 4) is 0 Å². The maximum atomic E-state index is 14.3. The lowest BCUT2D eigenvalue weighted by atomic mass is 10.0. The monoisotopic (exact) mass is 466 g/mol. The minimum atomic E-state index is -0.992. The van der Waals surface area contributed by atoms with Crippen LogP contribution in [0.4, 0.5) is 4.39 Å². The number of nitrogens with two attached hydrogens (primary N) is 2. The first-order valence-corrected chi connectivity index (χ1v) is 11.6. The second-order valence-corrected chi connectivity index (χ2v) is 8.76. The molecule has 3 rings (SSSR count). The number of nitrogens with zero attached hydrogens (tertiary/aromatic N) is 3. The fourth-order valence-electron chi connectivity index (χ4n) is 3.82. The van der Waals surface area contributed by atoms with Gasteiger partial charge in [-0.25, -0.2) is 9.38 Å². The number of alkyl halides is 1. The summed E-state index contributed by atoms with van der Waals surface area (Å²) in [5.74, 6) is 1.07. The summed E-state index contributed by atoms with van der Waals surface area (Å²) < 4.78 is 14.3. The number of likely N-dealkylation sites (tertiary alicyclic amines) is 1. The third-order valence-corrected chi connectivity index (χ3v) is 5.74. The molecular formula is C25H35FN8. The largest absolute Gasteiger partial charge is 0.404 e. The highest BCUT2D eigenvalue weighted by Crippen LogP contribution is 2.22. The van der Waals surface area contributed by atoms with Crippen LogP contribution in [0.1, 0.15) is 26.7 Å². The summed E-state index contributed by atoms with van der Waals surface area (Å²) >= 11 is 0. The van der Waals surface area contributed by atoms with Crippen molar-refractivity contribution in [2.45, 2.75) is 32.9 Å².